The van der Waals surface area contributed by atoms with E-state index in [1.54, 1.807) is 0 Å². The van der Waals surface area contributed by atoms with Gasteiger partial charge in [0.2, 0.25) is 0 Å². The molecule has 1 N–H and O–H groups in total. The van der Waals surface area contributed by atoms with Crippen LogP contribution >= 0.6 is 0 Å². The van der Waals surface area contributed by atoms with E-state index in [9.17, 15) is 4.79 Å². The van der Waals surface area contributed by atoms with Crippen LogP contribution in [0.3, 0.4) is 0 Å². The van der Waals surface area contributed by atoms with Crippen LogP contribution < -0.4 is 0 Å². The second kappa shape index (κ2) is 16.7. The van der Waals surface area contributed by atoms with E-state index in [1.165, 1.54) is 101 Å². The number of aryl methyl sites for hydroxylation is 3. The van der Waals surface area contributed by atoms with Gasteiger partial charge in [-0.25, -0.2) is 0 Å². The Kier molecular flexibility index (Phi) is 14.8. The summed E-state index contributed by atoms with van der Waals surface area (Å²) in [7, 11) is 0. The highest BCUT2D eigenvalue weighted by molar-refractivity contribution is 5.66. The largest absolute Gasteiger partial charge is 0.481 e. The molecule has 0 aliphatic rings. The smallest absolute Gasteiger partial charge is 0.303 e. The quantitative estimate of drug-likeness (QED) is 0.242. The highest BCUT2D eigenvalue weighted by atomic mass is 16.4. The van der Waals surface area contributed by atoms with Crippen molar-refractivity contribution in [1.82, 2.24) is 0 Å². The molecular weight excluding hydrogens is 348 g/mol. The van der Waals surface area contributed by atoms with Crippen molar-refractivity contribution in [3.05, 3.63) is 23.2 Å². The third kappa shape index (κ3) is 13.0. The molecule has 0 spiro atoms. The minimum Gasteiger partial charge on any atom is -0.481 e. The molecule has 1 aromatic rings. The van der Waals surface area contributed by atoms with E-state index >= 15 is 0 Å². The standard InChI is InChI=1S/C25H44O3/c1-3-4-5-6-9-13-16-19-24-22(2)21-23(28-24)18-15-12-10-7-8-11-14-17-20-25(26)27/h21H,3-20H2,1-2H3,(H,26,27). The van der Waals surface area contributed by atoms with Crippen LogP contribution in [0.1, 0.15) is 127 Å². The first-order chi connectivity index (χ1) is 13.6. The molecule has 3 nitrogen and oxygen atoms in total. The van der Waals surface area contributed by atoms with Gasteiger partial charge in [0.25, 0.3) is 0 Å². The van der Waals surface area contributed by atoms with Gasteiger partial charge in [0.1, 0.15) is 11.5 Å². The molecule has 0 saturated heterocycles. The van der Waals surface area contributed by atoms with Gasteiger partial charge in [0.15, 0.2) is 0 Å². The maximum Gasteiger partial charge on any atom is 0.303 e. The minimum atomic E-state index is -0.668. The van der Waals surface area contributed by atoms with Crippen molar-refractivity contribution in [2.75, 3.05) is 0 Å². The number of carboxylic acids is 1. The fourth-order valence-corrected chi connectivity index (χ4v) is 3.84. The van der Waals surface area contributed by atoms with Gasteiger partial charge in [-0.2, -0.15) is 0 Å². The monoisotopic (exact) mass is 392 g/mol. The van der Waals surface area contributed by atoms with E-state index in [-0.39, 0.29) is 0 Å². The number of unbranched alkanes of at least 4 members (excludes halogenated alkanes) is 13. The first kappa shape index (κ1) is 24.8. The van der Waals surface area contributed by atoms with E-state index in [1.807, 2.05) is 0 Å². The van der Waals surface area contributed by atoms with Gasteiger partial charge in [0.05, 0.1) is 0 Å². The highest BCUT2D eigenvalue weighted by Crippen LogP contribution is 2.20. The molecule has 1 heterocycles. The zero-order valence-electron chi connectivity index (χ0n) is 18.6. The Bertz CT molecular complexity index is 504. The summed E-state index contributed by atoms with van der Waals surface area (Å²) < 4.78 is 6.10. The van der Waals surface area contributed by atoms with E-state index in [2.05, 4.69) is 19.9 Å². The number of hydrogen-bond acceptors (Lipinski definition) is 2. The van der Waals surface area contributed by atoms with Crippen LogP contribution in [0.5, 0.6) is 0 Å². The van der Waals surface area contributed by atoms with Gasteiger partial charge >= 0.3 is 5.97 Å². The second-order valence-electron chi connectivity index (χ2n) is 8.41. The number of hydrogen-bond donors (Lipinski definition) is 1. The van der Waals surface area contributed by atoms with Crippen molar-refractivity contribution < 1.29 is 14.3 Å². The molecule has 0 radical (unpaired) electrons. The van der Waals surface area contributed by atoms with Crippen molar-refractivity contribution in [1.29, 1.82) is 0 Å². The van der Waals surface area contributed by atoms with Gasteiger partial charge in [-0.05, 0) is 37.8 Å². The van der Waals surface area contributed by atoms with Crippen molar-refractivity contribution in [2.45, 2.75) is 129 Å². The van der Waals surface area contributed by atoms with Crippen LogP contribution in [0.15, 0.2) is 10.5 Å². The number of furan rings is 1. The summed E-state index contributed by atoms with van der Waals surface area (Å²) >= 11 is 0. The Morgan fingerprint density at radius 1 is 0.786 bits per heavy atom. The molecule has 0 saturated carbocycles. The topological polar surface area (TPSA) is 50.4 Å². The molecule has 0 aromatic carbocycles. The molecule has 1 aromatic heterocycles. The van der Waals surface area contributed by atoms with E-state index in [0.29, 0.717) is 6.42 Å². The summed E-state index contributed by atoms with van der Waals surface area (Å²) in [5.74, 6) is 1.72. The molecule has 1 rings (SSSR count). The predicted octanol–water partition coefficient (Wildman–Crippen LogP) is 8.02. The van der Waals surface area contributed by atoms with Gasteiger partial charge < -0.3 is 9.52 Å². The lowest BCUT2D eigenvalue weighted by Crippen LogP contribution is -1.93. The van der Waals surface area contributed by atoms with Crippen LogP contribution in [-0.2, 0) is 17.6 Å². The van der Waals surface area contributed by atoms with Crippen molar-refractivity contribution in [3.63, 3.8) is 0 Å². The summed E-state index contributed by atoms with van der Waals surface area (Å²) in [5, 5.41) is 8.61. The minimum absolute atomic E-state index is 0.323. The molecule has 0 aliphatic heterocycles. The number of carboxylic acid groups (broad SMARTS) is 1. The zero-order chi connectivity index (χ0) is 20.5. The first-order valence-corrected chi connectivity index (χ1v) is 11.9. The lowest BCUT2D eigenvalue weighted by Gasteiger charge is -2.02. The van der Waals surface area contributed by atoms with Crippen LogP contribution in [0.25, 0.3) is 0 Å². The molecular formula is C25H44O3. The number of carbonyl (C=O) groups is 1. The van der Waals surface area contributed by atoms with Crippen molar-refractivity contribution in [2.24, 2.45) is 0 Å². The second-order valence-corrected chi connectivity index (χ2v) is 8.41. The molecule has 0 fully saturated rings. The molecule has 0 atom stereocenters. The summed E-state index contributed by atoms with van der Waals surface area (Å²) in [6, 6.07) is 2.25. The normalized spacial score (nSPS) is 11.2. The van der Waals surface area contributed by atoms with Gasteiger partial charge in [-0.1, -0.05) is 84.0 Å². The molecule has 3 heteroatoms. The molecule has 162 valence electrons. The van der Waals surface area contributed by atoms with Gasteiger partial charge in [-0.15, -0.1) is 0 Å². The van der Waals surface area contributed by atoms with Crippen LogP contribution in [0, 0.1) is 6.92 Å². The zero-order valence-corrected chi connectivity index (χ0v) is 18.6. The van der Waals surface area contributed by atoms with E-state index in [4.69, 9.17) is 9.52 Å². The predicted molar refractivity (Wildman–Crippen MR) is 118 cm³/mol. The summed E-state index contributed by atoms with van der Waals surface area (Å²) in [6.45, 7) is 4.46. The van der Waals surface area contributed by atoms with Gasteiger partial charge in [-0.3, -0.25) is 4.79 Å². The maximum absolute atomic E-state index is 10.4. The Hall–Kier alpha value is -1.25. The van der Waals surface area contributed by atoms with Crippen LogP contribution in [-0.4, -0.2) is 11.1 Å². The maximum atomic E-state index is 10.4. The number of aliphatic carboxylic acids is 1. The fraction of sp³-hybridized carbons (Fsp3) is 0.800. The summed E-state index contributed by atoms with van der Waals surface area (Å²) in [4.78, 5) is 10.4. The third-order valence-corrected chi connectivity index (χ3v) is 5.64. The fourth-order valence-electron chi connectivity index (χ4n) is 3.84. The van der Waals surface area contributed by atoms with Crippen LogP contribution in [0.2, 0.25) is 0 Å². The average molecular weight is 393 g/mol. The Balaban J connectivity index is 2.01. The molecule has 0 aliphatic carbocycles. The Morgan fingerprint density at radius 3 is 1.86 bits per heavy atom. The van der Waals surface area contributed by atoms with Crippen molar-refractivity contribution >= 4 is 5.97 Å². The summed E-state index contributed by atoms with van der Waals surface area (Å²) in [6.07, 6.45) is 21.3. The third-order valence-electron chi connectivity index (χ3n) is 5.64. The lowest BCUT2D eigenvalue weighted by molar-refractivity contribution is -0.137. The first-order valence-electron chi connectivity index (χ1n) is 11.9. The van der Waals surface area contributed by atoms with Crippen LogP contribution in [0.4, 0.5) is 0 Å². The lowest BCUT2D eigenvalue weighted by atomic mass is 10.1. The molecule has 28 heavy (non-hydrogen) atoms. The Morgan fingerprint density at radius 2 is 1.29 bits per heavy atom. The van der Waals surface area contributed by atoms with Crippen molar-refractivity contribution in [3.8, 4) is 0 Å². The Labute approximate surface area is 173 Å². The average Bonchev–Trinajstić information content (AvgIpc) is 3.02. The van der Waals surface area contributed by atoms with E-state index in [0.717, 1.165) is 25.7 Å². The number of rotatable bonds is 19. The summed E-state index contributed by atoms with van der Waals surface area (Å²) in [5.41, 5.74) is 1.34. The highest BCUT2D eigenvalue weighted by Gasteiger charge is 2.07. The van der Waals surface area contributed by atoms with E-state index < -0.39 is 5.97 Å². The molecule has 0 amide bonds. The van der Waals surface area contributed by atoms with Gasteiger partial charge in [0, 0.05) is 19.3 Å². The molecule has 0 unspecified atom stereocenters. The molecule has 0 bridgehead atoms. The SMILES string of the molecule is CCCCCCCCCc1oc(CCCCCCCCCCC(=O)O)cc1C.